The molecule has 0 bridgehead atoms. The van der Waals surface area contributed by atoms with Gasteiger partial charge in [0.1, 0.15) is 10.7 Å². The average molecular weight is 458 g/mol. The molecule has 5 rings (SSSR count). The van der Waals surface area contributed by atoms with Crippen molar-refractivity contribution in [3.05, 3.63) is 45.6 Å². The van der Waals surface area contributed by atoms with Crippen LogP contribution in [-0.4, -0.2) is 31.2 Å². The predicted molar refractivity (Wildman–Crippen MR) is 123 cm³/mol. The van der Waals surface area contributed by atoms with Gasteiger partial charge in [0.2, 0.25) is 5.91 Å². The second-order valence-corrected chi connectivity index (χ2v) is 10.1. The summed E-state index contributed by atoms with van der Waals surface area (Å²) in [6.45, 7) is 4.27. The smallest absolute Gasteiger partial charge is 0.234 e. The van der Waals surface area contributed by atoms with Gasteiger partial charge in [0.05, 0.1) is 21.8 Å². The van der Waals surface area contributed by atoms with E-state index in [-0.39, 0.29) is 11.7 Å². The van der Waals surface area contributed by atoms with Crippen LogP contribution in [0.2, 0.25) is 5.02 Å². The van der Waals surface area contributed by atoms with Gasteiger partial charge < -0.3 is 5.32 Å². The van der Waals surface area contributed by atoms with Crippen molar-refractivity contribution in [1.29, 1.82) is 0 Å². The summed E-state index contributed by atoms with van der Waals surface area (Å²) in [6, 6.07) is 7.19. The molecular weight excluding hydrogens is 438 g/mol. The molecule has 4 aromatic rings. The average Bonchev–Trinajstić information content (AvgIpc) is 3.29. The van der Waals surface area contributed by atoms with Crippen molar-refractivity contribution in [3.63, 3.8) is 0 Å². The summed E-state index contributed by atoms with van der Waals surface area (Å²) in [5.41, 5.74) is 2.83. The number of nitrogens with one attached hydrogen (secondary N) is 1. The molecule has 0 saturated heterocycles. The lowest BCUT2D eigenvalue weighted by molar-refractivity contribution is -0.113. The number of hydrogen-bond acceptors (Lipinski definition) is 6. The third kappa shape index (κ3) is 3.46. The molecule has 0 spiro atoms. The number of halogens is 1. The van der Waals surface area contributed by atoms with E-state index in [0.29, 0.717) is 21.8 Å². The van der Waals surface area contributed by atoms with E-state index in [9.17, 15) is 4.79 Å². The van der Waals surface area contributed by atoms with E-state index < -0.39 is 0 Å². The Labute approximate surface area is 187 Å². The second kappa shape index (κ2) is 7.83. The number of nitrogens with zero attached hydrogens (tertiary/aromatic N) is 4. The highest BCUT2D eigenvalue weighted by Crippen LogP contribution is 2.39. The topological polar surface area (TPSA) is 72.2 Å². The molecule has 0 fully saturated rings. The second-order valence-electron chi connectivity index (χ2n) is 7.65. The number of aryl methyl sites for hydroxylation is 2. The minimum absolute atomic E-state index is 0.140. The molecule has 154 valence electrons. The monoisotopic (exact) mass is 457 g/mol. The van der Waals surface area contributed by atoms with Gasteiger partial charge in [-0.25, -0.2) is 4.98 Å². The Morgan fingerprint density at radius 2 is 2.20 bits per heavy atom. The Morgan fingerprint density at radius 1 is 1.37 bits per heavy atom. The highest BCUT2D eigenvalue weighted by molar-refractivity contribution is 7.99. The van der Waals surface area contributed by atoms with Gasteiger partial charge >= 0.3 is 0 Å². The summed E-state index contributed by atoms with van der Waals surface area (Å²) < 4.78 is 1.97. The molecule has 30 heavy (non-hydrogen) atoms. The molecule has 3 heterocycles. The van der Waals surface area contributed by atoms with E-state index in [1.807, 2.05) is 23.5 Å². The minimum Gasteiger partial charge on any atom is -0.324 e. The summed E-state index contributed by atoms with van der Waals surface area (Å²) in [6.07, 6.45) is 3.36. The number of amides is 1. The summed E-state index contributed by atoms with van der Waals surface area (Å²) in [7, 11) is 0. The van der Waals surface area contributed by atoms with E-state index in [4.69, 9.17) is 16.6 Å². The number of fused-ring (bicyclic) bond motifs is 5. The number of benzene rings is 1. The highest BCUT2D eigenvalue weighted by atomic mass is 35.5. The van der Waals surface area contributed by atoms with E-state index in [1.54, 1.807) is 23.5 Å². The van der Waals surface area contributed by atoms with Gasteiger partial charge in [-0.05, 0) is 49.8 Å². The van der Waals surface area contributed by atoms with E-state index in [2.05, 4.69) is 22.4 Å². The highest BCUT2D eigenvalue weighted by Gasteiger charge is 2.25. The molecule has 1 aromatic carbocycles. The Hall–Kier alpha value is -2.16. The number of thiophene rings is 1. The fraction of sp³-hybridized carbons (Fsp3) is 0.333. The SMILES string of the molecule is Cc1nc2sc3c(c2c2nnc(SCC(=O)Nc4ccccc4Cl)n12)CC[C@H](C)C3. The molecule has 1 N–H and O–H groups in total. The fourth-order valence-corrected chi connectivity index (χ4v) is 6.32. The summed E-state index contributed by atoms with van der Waals surface area (Å²) in [5, 5.41) is 14.0. The zero-order valence-electron chi connectivity index (χ0n) is 16.6. The number of thioether (sulfide) groups is 1. The number of anilines is 1. The number of hydrogen-bond donors (Lipinski definition) is 1. The van der Waals surface area contributed by atoms with Crippen LogP contribution in [0.15, 0.2) is 29.4 Å². The molecule has 6 nitrogen and oxygen atoms in total. The lowest BCUT2D eigenvalue weighted by Crippen LogP contribution is -2.14. The van der Waals surface area contributed by atoms with Crippen LogP contribution in [0.1, 0.15) is 29.6 Å². The summed E-state index contributed by atoms with van der Waals surface area (Å²) in [4.78, 5) is 19.7. The van der Waals surface area contributed by atoms with Crippen LogP contribution in [0.3, 0.4) is 0 Å². The number of para-hydroxylation sites is 1. The first-order valence-electron chi connectivity index (χ1n) is 9.84. The van der Waals surface area contributed by atoms with E-state index in [0.717, 1.165) is 34.5 Å². The normalized spacial score (nSPS) is 16.2. The maximum atomic E-state index is 12.4. The van der Waals surface area contributed by atoms with Crippen molar-refractivity contribution in [2.75, 3.05) is 11.1 Å². The van der Waals surface area contributed by atoms with Gasteiger partial charge in [0, 0.05) is 4.88 Å². The number of rotatable bonds is 4. The lowest BCUT2D eigenvalue weighted by Gasteiger charge is -2.17. The fourth-order valence-electron chi connectivity index (χ4n) is 3.94. The van der Waals surface area contributed by atoms with Crippen molar-refractivity contribution in [1.82, 2.24) is 19.6 Å². The quantitative estimate of drug-likeness (QED) is 0.429. The van der Waals surface area contributed by atoms with Crippen LogP contribution in [0.5, 0.6) is 0 Å². The van der Waals surface area contributed by atoms with Gasteiger partial charge in [-0.1, -0.05) is 42.4 Å². The molecule has 9 heteroatoms. The zero-order valence-corrected chi connectivity index (χ0v) is 19.0. The molecule has 0 radical (unpaired) electrons. The van der Waals surface area contributed by atoms with E-state index >= 15 is 0 Å². The first-order valence-corrected chi connectivity index (χ1v) is 12.0. The van der Waals surface area contributed by atoms with Crippen LogP contribution < -0.4 is 5.32 Å². The first kappa shape index (κ1) is 19.8. The van der Waals surface area contributed by atoms with Crippen molar-refractivity contribution in [3.8, 4) is 0 Å². The molecular formula is C21H20ClN5OS2. The Balaban J connectivity index is 1.44. The molecule has 1 aliphatic rings. The molecule has 1 atom stereocenters. The van der Waals surface area contributed by atoms with Crippen LogP contribution >= 0.6 is 34.7 Å². The van der Waals surface area contributed by atoms with Gasteiger partial charge in [0.25, 0.3) is 0 Å². The van der Waals surface area contributed by atoms with Crippen LogP contribution in [-0.2, 0) is 17.6 Å². The van der Waals surface area contributed by atoms with E-state index in [1.165, 1.54) is 28.6 Å². The van der Waals surface area contributed by atoms with Crippen molar-refractivity contribution in [2.45, 2.75) is 38.3 Å². The van der Waals surface area contributed by atoms with Crippen LogP contribution in [0.4, 0.5) is 5.69 Å². The van der Waals surface area contributed by atoms with Gasteiger partial charge in [0.15, 0.2) is 10.8 Å². The lowest BCUT2D eigenvalue weighted by atomic mass is 9.89. The van der Waals surface area contributed by atoms with Crippen LogP contribution in [0.25, 0.3) is 15.9 Å². The summed E-state index contributed by atoms with van der Waals surface area (Å²) >= 11 is 9.26. The Bertz CT molecular complexity index is 1280. The number of carbonyl (C=O) groups excluding carboxylic acids is 1. The molecule has 0 saturated carbocycles. The molecule has 1 amide bonds. The molecule has 3 aromatic heterocycles. The van der Waals surface area contributed by atoms with Crippen LogP contribution in [0, 0.1) is 12.8 Å². The third-order valence-electron chi connectivity index (χ3n) is 5.42. The maximum Gasteiger partial charge on any atom is 0.234 e. The first-order chi connectivity index (χ1) is 14.5. The number of carbonyl (C=O) groups is 1. The van der Waals surface area contributed by atoms with Gasteiger partial charge in [-0.15, -0.1) is 21.5 Å². The Kier molecular flexibility index (Phi) is 5.16. The van der Waals surface area contributed by atoms with Gasteiger partial charge in [-0.3, -0.25) is 9.20 Å². The van der Waals surface area contributed by atoms with Crippen molar-refractivity contribution < 1.29 is 4.79 Å². The van der Waals surface area contributed by atoms with Gasteiger partial charge in [-0.2, -0.15) is 0 Å². The number of aromatic nitrogens is 4. The third-order valence-corrected chi connectivity index (χ3v) is 7.82. The molecule has 1 aliphatic carbocycles. The maximum absolute atomic E-state index is 12.4. The summed E-state index contributed by atoms with van der Waals surface area (Å²) in [5.74, 6) is 1.62. The predicted octanol–water partition coefficient (Wildman–Crippen LogP) is 5.16. The molecule has 0 aliphatic heterocycles. The minimum atomic E-state index is -0.140. The van der Waals surface area contributed by atoms with Crippen molar-refractivity contribution in [2.24, 2.45) is 5.92 Å². The largest absolute Gasteiger partial charge is 0.324 e. The molecule has 0 unspecified atom stereocenters. The zero-order chi connectivity index (χ0) is 20.8. The van der Waals surface area contributed by atoms with Crippen molar-refractivity contribution >= 4 is 62.2 Å². The Morgan fingerprint density at radius 3 is 3.03 bits per heavy atom. The standard InChI is InChI=1S/C21H20ClN5OS2/c1-11-7-8-13-16(9-11)30-20-18(13)19-25-26-21(27(19)12(2)23-20)29-10-17(28)24-15-6-4-3-5-14(15)22/h3-6,11H,7-10H2,1-2H3,(H,24,28)/t11-/m0/s1.